The average Bonchev–Trinajstić information content (AvgIpc) is 2.78. The third-order valence-electron chi connectivity index (χ3n) is 5.21. The van der Waals surface area contributed by atoms with Gasteiger partial charge in [-0.3, -0.25) is 4.31 Å². The van der Waals surface area contributed by atoms with Crippen LogP contribution in [0.4, 0.5) is 0 Å². The third kappa shape index (κ3) is 2.80. The Balaban J connectivity index is 2.16. The second-order valence-corrected chi connectivity index (χ2v) is 10.5. The highest BCUT2D eigenvalue weighted by atomic mass is 32.2. The zero-order valence-corrected chi connectivity index (χ0v) is 14.7. The summed E-state index contributed by atoms with van der Waals surface area (Å²) in [7, 11) is -6.76. The highest BCUT2D eigenvalue weighted by Crippen LogP contribution is 2.41. The van der Waals surface area contributed by atoms with E-state index < -0.39 is 20.0 Å². The summed E-state index contributed by atoms with van der Waals surface area (Å²) in [4.78, 5) is 0. The molecule has 2 saturated heterocycles. The highest BCUT2D eigenvalue weighted by molar-refractivity contribution is 7.88. The van der Waals surface area contributed by atoms with E-state index in [4.69, 9.17) is 0 Å². The van der Waals surface area contributed by atoms with Crippen molar-refractivity contribution in [2.45, 2.75) is 56.7 Å². The highest BCUT2D eigenvalue weighted by Gasteiger charge is 2.48. The number of rotatable bonds is 2. The van der Waals surface area contributed by atoms with E-state index in [0.29, 0.717) is 0 Å². The maximum Gasteiger partial charge on any atom is 0.232 e. The van der Waals surface area contributed by atoms with Crippen molar-refractivity contribution in [3.05, 3.63) is 12.3 Å². The van der Waals surface area contributed by atoms with E-state index in [0.717, 1.165) is 38.5 Å². The lowest BCUT2D eigenvalue weighted by Gasteiger charge is -2.41. The number of sulfonamides is 2. The van der Waals surface area contributed by atoms with E-state index >= 15 is 0 Å². The molecule has 3 aliphatic rings. The molecule has 3 heterocycles. The van der Waals surface area contributed by atoms with Crippen LogP contribution < -0.4 is 0 Å². The van der Waals surface area contributed by atoms with Gasteiger partial charge in [-0.1, -0.05) is 18.9 Å². The molecule has 0 unspecified atom stereocenters. The van der Waals surface area contributed by atoms with Crippen LogP contribution in [0.15, 0.2) is 12.3 Å². The van der Waals surface area contributed by atoms with Crippen molar-refractivity contribution in [2.24, 2.45) is 5.92 Å². The first-order valence-corrected chi connectivity index (χ1v) is 11.5. The molecule has 0 saturated carbocycles. The lowest BCUT2D eigenvalue weighted by Crippen LogP contribution is -2.55. The molecule has 0 aromatic carbocycles. The van der Waals surface area contributed by atoms with E-state index in [1.165, 1.54) is 16.8 Å². The first-order valence-electron chi connectivity index (χ1n) is 7.85. The van der Waals surface area contributed by atoms with Gasteiger partial charge in [0.1, 0.15) is 0 Å². The van der Waals surface area contributed by atoms with Crippen molar-refractivity contribution in [2.75, 3.05) is 12.5 Å². The zero-order valence-electron chi connectivity index (χ0n) is 13.1. The van der Waals surface area contributed by atoms with Crippen LogP contribution in [0.3, 0.4) is 0 Å². The Hall–Kier alpha value is -0.600. The van der Waals surface area contributed by atoms with Gasteiger partial charge in [0.25, 0.3) is 0 Å². The summed E-state index contributed by atoms with van der Waals surface area (Å²) >= 11 is 0. The average molecular weight is 348 g/mol. The standard InChI is InChI=1S/C14H24N2O4S2/c1-21(17,18)15-10-9-11-7-8-13(15)14-6-4-3-5-12(11)16(14)22(2,19)20/h9-14H,3-8H2,1-2H3/t11-,12-,13+,14-/m1/s1. The zero-order chi connectivity index (χ0) is 16.1. The fraction of sp³-hybridized carbons (Fsp3) is 0.857. The smallest absolute Gasteiger partial charge is 0.232 e. The van der Waals surface area contributed by atoms with Crippen molar-refractivity contribution in [3.8, 4) is 0 Å². The van der Waals surface area contributed by atoms with Gasteiger partial charge in [-0.25, -0.2) is 16.8 Å². The van der Waals surface area contributed by atoms with E-state index in [-0.39, 0.29) is 24.0 Å². The summed E-state index contributed by atoms with van der Waals surface area (Å²) in [5, 5.41) is 0. The lowest BCUT2D eigenvalue weighted by molar-refractivity contribution is 0.177. The van der Waals surface area contributed by atoms with Gasteiger partial charge in [-0.15, -0.1) is 0 Å². The van der Waals surface area contributed by atoms with Crippen LogP contribution in [0.2, 0.25) is 0 Å². The minimum absolute atomic E-state index is 0.0227. The molecule has 4 bridgehead atoms. The number of hydrogen-bond acceptors (Lipinski definition) is 4. The van der Waals surface area contributed by atoms with Gasteiger partial charge in [-0.05, 0) is 31.6 Å². The van der Waals surface area contributed by atoms with Crippen molar-refractivity contribution in [1.82, 2.24) is 8.61 Å². The molecule has 6 nitrogen and oxygen atoms in total. The summed E-state index contributed by atoms with van der Waals surface area (Å²) in [6.07, 6.45) is 11.2. The van der Waals surface area contributed by atoms with Crippen LogP contribution in [-0.4, -0.2) is 56.1 Å². The Bertz CT molecular complexity index is 671. The Morgan fingerprint density at radius 2 is 1.45 bits per heavy atom. The van der Waals surface area contributed by atoms with Gasteiger partial charge in [0.05, 0.1) is 18.6 Å². The fourth-order valence-corrected chi connectivity index (χ4v) is 6.92. The second-order valence-electron chi connectivity index (χ2n) is 6.76. The SMILES string of the molecule is CS(=O)(=O)N1C=C[C@H]2CC[C@H]1[C@H]1CCCC[C@H]2N1S(C)(=O)=O. The summed E-state index contributed by atoms with van der Waals surface area (Å²) in [5.41, 5.74) is 0. The van der Waals surface area contributed by atoms with Crippen LogP contribution in [-0.2, 0) is 20.0 Å². The molecule has 0 aromatic heterocycles. The molecule has 0 spiro atoms. The molecule has 22 heavy (non-hydrogen) atoms. The Morgan fingerprint density at radius 1 is 0.818 bits per heavy atom. The second kappa shape index (κ2) is 5.49. The summed E-state index contributed by atoms with van der Waals surface area (Å²) < 4.78 is 52.2. The predicted molar refractivity (Wildman–Crippen MR) is 85.1 cm³/mol. The van der Waals surface area contributed by atoms with E-state index in [2.05, 4.69) is 0 Å². The van der Waals surface area contributed by atoms with E-state index in [1.54, 1.807) is 10.5 Å². The summed E-state index contributed by atoms with van der Waals surface area (Å²) in [6.45, 7) is 0. The van der Waals surface area contributed by atoms with Gasteiger partial charge < -0.3 is 0 Å². The molecule has 0 aliphatic carbocycles. The number of fused-ring (bicyclic) bond motifs is 7. The van der Waals surface area contributed by atoms with Gasteiger partial charge in [0.2, 0.25) is 20.0 Å². The van der Waals surface area contributed by atoms with Gasteiger partial charge in [0.15, 0.2) is 0 Å². The predicted octanol–water partition coefficient (Wildman–Crippen LogP) is 1.13. The molecular weight excluding hydrogens is 324 g/mol. The largest absolute Gasteiger partial charge is 0.273 e. The monoisotopic (exact) mass is 348 g/mol. The minimum Gasteiger partial charge on any atom is -0.273 e. The molecule has 8 heteroatoms. The topological polar surface area (TPSA) is 74.8 Å². The molecule has 0 aromatic rings. The summed E-state index contributed by atoms with van der Waals surface area (Å²) in [6, 6.07) is -0.549. The quantitative estimate of drug-likeness (QED) is 0.750. The molecule has 3 aliphatic heterocycles. The van der Waals surface area contributed by atoms with Crippen molar-refractivity contribution in [1.29, 1.82) is 0 Å². The molecule has 4 atom stereocenters. The molecule has 2 fully saturated rings. The van der Waals surface area contributed by atoms with Crippen LogP contribution in [0.25, 0.3) is 0 Å². The Morgan fingerprint density at radius 3 is 2.05 bits per heavy atom. The Kier molecular flexibility index (Phi) is 4.06. The first-order chi connectivity index (χ1) is 10.2. The van der Waals surface area contributed by atoms with E-state index in [9.17, 15) is 16.8 Å². The molecule has 0 amide bonds. The van der Waals surface area contributed by atoms with Gasteiger partial charge in [0, 0.05) is 18.3 Å². The van der Waals surface area contributed by atoms with Crippen LogP contribution >= 0.6 is 0 Å². The van der Waals surface area contributed by atoms with Crippen molar-refractivity contribution < 1.29 is 16.8 Å². The number of nitrogens with zero attached hydrogens (tertiary/aromatic N) is 2. The van der Waals surface area contributed by atoms with Crippen LogP contribution in [0.5, 0.6) is 0 Å². The lowest BCUT2D eigenvalue weighted by atomic mass is 9.91. The minimum atomic E-state index is -3.39. The van der Waals surface area contributed by atoms with Gasteiger partial charge in [-0.2, -0.15) is 4.31 Å². The Labute approximate surface area is 133 Å². The van der Waals surface area contributed by atoms with Gasteiger partial charge >= 0.3 is 0 Å². The third-order valence-corrected chi connectivity index (χ3v) is 7.68. The van der Waals surface area contributed by atoms with Crippen molar-refractivity contribution >= 4 is 20.0 Å². The number of hydrogen-bond donors (Lipinski definition) is 0. The molecular formula is C14H24N2O4S2. The maximum absolute atomic E-state index is 12.4. The fourth-order valence-electron chi connectivity index (χ4n) is 4.40. The first kappa shape index (κ1) is 16.3. The normalized spacial score (nSPS) is 36.7. The maximum atomic E-state index is 12.4. The molecule has 0 N–H and O–H groups in total. The molecule has 0 radical (unpaired) electrons. The molecule has 126 valence electrons. The summed E-state index contributed by atoms with van der Waals surface area (Å²) in [5.74, 6) is 0.104. The van der Waals surface area contributed by atoms with Crippen molar-refractivity contribution in [3.63, 3.8) is 0 Å². The van der Waals surface area contributed by atoms with Crippen LogP contribution in [0, 0.1) is 5.92 Å². The molecule has 3 rings (SSSR count). The van der Waals surface area contributed by atoms with Crippen LogP contribution in [0.1, 0.15) is 38.5 Å². The van der Waals surface area contributed by atoms with E-state index in [1.807, 2.05) is 6.08 Å².